The zero-order valence-corrected chi connectivity index (χ0v) is 14.5. The highest BCUT2D eigenvalue weighted by molar-refractivity contribution is 7.98. The van der Waals surface area contributed by atoms with Crippen LogP contribution < -0.4 is 9.47 Å². The van der Waals surface area contributed by atoms with Gasteiger partial charge in [0, 0.05) is 22.9 Å². The Hall–Kier alpha value is -2.25. The molecule has 0 fully saturated rings. The smallest absolute Gasteiger partial charge is 0.189 e. The van der Waals surface area contributed by atoms with E-state index < -0.39 is 0 Å². The first-order valence-corrected chi connectivity index (χ1v) is 8.98. The van der Waals surface area contributed by atoms with Crippen molar-refractivity contribution >= 4 is 22.8 Å². The standard InChI is InChI=1S/C18H17FN2O3S/c1-2-23-14-3-4-15-16(7-14)21-18(20-15)25-9-12-6-13(19)5-11-8-22-10-24-17(11)12/h3-7H,2,8-10H2,1H3,(H,20,21). The number of hydrogen-bond donors (Lipinski definition) is 1. The maximum Gasteiger partial charge on any atom is 0.189 e. The van der Waals surface area contributed by atoms with Crippen molar-refractivity contribution in [2.24, 2.45) is 0 Å². The van der Waals surface area contributed by atoms with Crippen molar-refractivity contribution in [3.05, 3.63) is 47.3 Å². The summed E-state index contributed by atoms with van der Waals surface area (Å²) in [5.74, 6) is 1.80. The number of halogens is 1. The molecule has 7 heteroatoms. The zero-order valence-electron chi connectivity index (χ0n) is 13.7. The van der Waals surface area contributed by atoms with Crippen LogP contribution in [0.1, 0.15) is 18.1 Å². The molecular weight excluding hydrogens is 343 g/mol. The zero-order chi connectivity index (χ0) is 17.2. The van der Waals surface area contributed by atoms with Crippen LogP contribution in [-0.4, -0.2) is 23.4 Å². The average Bonchev–Trinajstić information content (AvgIpc) is 3.02. The van der Waals surface area contributed by atoms with Crippen LogP contribution in [0.4, 0.5) is 4.39 Å². The van der Waals surface area contributed by atoms with Gasteiger partial charge in [-0.1, -0.05) is 11.8 Å². The number of fused-ring (bicyclic) bond motifs is 2. The molecule has 1 N–H and O–H groups in total. The van der Waals surface area contributed by atoms with Gasteiger partial charge in [0.15, 0.2) is 11.9 Å². The summed E-state index contributed by atoms with van der Waals surface area (Å²) in [6.07, 6.45) is 0. The Morgan fingerprint density at radius 3 is 3.12 bits per heavy atom. The number of aromatic amines is 1. The summed E-state index contributed by atoms with van der Waals surface area (Å²) in [6.45, 7) is 3.14. The number of rotatable bonds is 5. The Balaban J connectivity index is 1.55. The Morgan fingerprint density at radius 2 is 2.24 bits per heavy atom. The first kappa shape index (κ1) is 16.2. The summed E-state index contributed by atoms with van der Waals surface area (Å²) < 4.78 is 30.1. The van der Waals surface area contributed by atoms with Gasteiger partial charge in [-0.3, -0.25) is 0 Å². The third kappa shape index (κ3) is 3.43. The Kier molecular flexibility index (Phi) is 4.50. The summed E-state index contributed by atoms with van der Waals surface area (Å²) in [6, 6.07) is 8.72. The summed E-state index contributed by atoms with van der Waals surface area (Å²) in [5, 5.41) is 0.772. The van der Waals surface area contributed by atoms with Crippen LogP contribution >= 0.6 is 11.8 Å². The van der Waals surface area contributed by atoms with E-state index in [0.29, 0.717) is 19.0 Å². The highest BCUT2D eigenvalue weighted by atomic mass is 32.2. The van der Waals surface area contributed by atoms with Gasteiger partial charge >= 0.3 is 0 Å². The minimum atomic E-state index is -0.283. The Morgan fingerprint density at radius 1 is 1.32 bits per heavy atom. The molecule has 0 bridgehead atoms. The van der Waals surface area contributed by atoms with Crippen molar-refractivity contribution in [2.75, 3.05) is 13.4 Å². The molecule has 1 aliphatic heterocycles. The molecule has 0 saturated carbocycles. The molecule has 0 saturated heterocycles. The maximum absolute atomic E-state index is 13.8. The number of hydrogen-bond acceptors (Lipinski definition) is 5. The lowest BCUT2D eigenvalue weighted by atomic mass is 10.1. The van der Waals surface area contributed by atoms with Gasteiger partial charge in [0.2, 0.25) is 0 Å². The third-order valence-corrected chi connectivity index (χ3v) is 4.78. The Labute approximate surface area is 148 Å². The molecule has 25 heavy (non-hydrogen) atoms. The van der Waals surface area contributed by atoms with Crippen molar-refractivity contribution in [1.82, 2.24) is 9.97 Å². The lowest BCUT2D eigenvalue weighted by Crippen LogP contribution is -2.13. The first-order valence-electron chi connectivity index (χ1n) is 8.00. The molecule has 3 aromatic rings. The van der Waals surface area contributed by atoms with Crippen molar-refractivity contribution in [2.45, 2.75) is 24.4 Å². The first-order chi connectivity index (χ1) is 12.2. The molecule has 0 atom stereocenters. The number of ether oxygens (including phenoxy) is 3. The van der Waals surface area contributed by atoms with E-state index in [0.717, 1.165) is 38.8 Å². The number of H-pyrrole nitrogens is 1. The quantitative estimate of drug-likeness (QED) is 0.689. The van der Waals surface area contributed by atoms with Gasteiger partial charge in [0.1, 0.15) is 17.3 Å². The fraction of sp³-hybridized carbons (Fsp3) is 0.278. The highest BCUT2D eigenvalue weighted by Crippen LogP contribution is 2.34. The highest BCUT2D eigenvalue weighted by Gasteiger charge is 2.17. The van der Waals surface area contributed by atoms with Gasteiger partial charge in [-0.15, -0.1) is 0 Å². The second-order valence-electron chi connectivity index (χ2n) is 5.61. The van der Waals surface area contributed by atoms with E-state index in [-0.39, 0.29) is 12.6 Å². The predicted octanol–water partition coefficient (Wildman–Crippen LogP) is 4.26. The van der Waals surface area contributed by atoms with Crippen molar-refractivity contribution in [3.63, 3.8) is 0 Å². The molecule has 2 aromatic carbocycles. The van der Waals surface area contributed by atoms with Crippen LogP contribution in [0.5, 0.6) is 11.5 Å². The fourth-order valence-corrected chi connectivity index (χ4v) is 3.65. The molecule has 2 heterocycles. The van der Waals surface area contributed by atoms with Crippen LogP contribution in [0.2, 0.25) is 0 Å². The van der Waals surface area contributed by atoms with E-state index in [1.54, 1.807) is 0 Å². The molecule has 5 nitrogen and oxygen atoms in total. The van der Waals surface area contributed by atoms with Gasteiger partial charge in [0.25, 0.3) is 0 Å². The van der Waals surface area contributed by atoms with E-state index in [2.05, 4.69) is 9.97 Å². The van der Waals surface area contributed by atoms with E-state index in [4.69, 9.17) is 14.2 Å². The monoisotopic (exact) mass is 360 g/mol. The van der Waals surface area contributed by atoms with Gasteiger partial charge in [0.05, 0.1) is 24.2 Å². The maximum atomic E-state index is 13.8. The van der Waals surface area contributed by atoms with E-state index in [1.807, 2.05) is 25.1 Å². The number of thioether (sulfide) groups is 1. The second kappa shape index (κ2) is 6.93. The molecule has 130 valence electrons. The molecule has 0 unspecified atom stereocenters. The molecule has 0 radical (unpaired) electrons. The fourth-order valence-electron chi connectivity index (χ4n) is 2.80. The summed E-state index contributed by atoms with van der Waals surface area (Å²) in [7, 11) is 0. The average molecular weight is 360 g/mol. The molecular formula is C18H17FN2O3S. The minimum Gasteiger partial charge on any atom is -0.494 e. The number of aromatic nitrogens is 2. The van der Waals surface area contributed by atoms with E-state index in [1.165, 1.54) is 23.9 Å². The largest absolute Gasteiger partial charge is 0.494 e. The Bertz CT molecular complexity index is 913. The molecule has 0 aliphatic carbocycles. The van der Waals surface area contributed by atoms with Gasteiger partial charge in [-0.05, 0) is 31.2 Å². The summed E-state index contributed by atoms with van der Waals surface area (Å²) in [4.78, 5) is 7.83. The molecule has 1 aliphatic rings. The topological polar surface area (TPSA) is 56.4 Å². The second-order valence-corrected chi connectivity index (χ2v) is 6.57. The lowest BCUT2D eigenvalue weighted by Gasteiger charge is -2.20. The van der Waals surface area contributed by atoms with Gasteiger partial charge in [-0.25, -0.2) is 9.37 Å². The van der Waals surface area contributed by atoms with Crippen LogP contribution in [0.15, 0.2) is 35.5 Å². The summed E-state index contributed by atoms with van der Waals surface area (Å²) in [5.41, 5.74) is 3.34. The van der Waals surface area contributed by atoms with Gasteiger partial charge < -0.3 is 19.2 Å². The normalized spacial score (nSPS) is 13.5. The van der Waals surface area contributed by atoms with E-state index in [9.17, 15) is 4.39 Å². The predicted molar refractivity (Wildman–Crippen MR) is 93.5 cm³/mol. The van der Waals surface area contributed by atoms with Crippen molar-refractivity contribution in [1.29, 1.82) is 0 Å². The third-order valence-electron chi connectivity index (χ3n) is 3.86. The number of imidazole rings is 1. The van der Waals surface area contributed by atoms with Crippen LogP contribution in [0.25, 0.3) is 11.0 Å². The molecule has 0 amide bonds. The lowest BCUT2D eigenvalue weighted by molar-refractivity contribution is -0.0171. The van der Waals surface area contributed by atoms with Crippen LogP contribution in [-0.2, 0) is 17.1 Å². The molecule has 1 aromatic heterocycles. The van der Waals surface area contributed by atoms with Crippen molar-refractivity contribution in [3.8, 4) is 11.5 Å². The summed E-state index contributed by atoms with van der Waals surface area (Å²) >= 11 is 1.51. The van der Waals surface area contributed by atoms with Crippen LogP contribution in [0, 0.1) is 5.82 Å². The molecule has 0 spiro atoms. The van der Waals surface area contributed by atoms with E-state index >= 15 is 0 Å². The number of nitrogens with zero attached hydrogens (tertiary/aromatic N) is 1. The number of benzene rings is 2. The number of nitrogens with one attached hydrogen (secondary N) is 1. The van der Waals surface area contributed by atoms with Crippen molar-refractivity contribution < 1.29 is 18.6 Å². The molecule has 4 rings (SSSR count). The van der Waals surface area contributed by atoms with Crippen LogP contribution in [0.3, 0.4) is 0 Å². The minimum absolute atomic E-state index is 0.196. The SMILES string of the molecule is CCOc1ccc2nc(SCc3cc(F)cc4c3OCOC4)[nH]c2c1. The van der Waals surface area contributed by atoms with Gasteiger partial charge in [-0.2, -0.15) is 0 Å².